The molecule has 0 saturated carbocycles. The van der Waals surface area contributed by atoms with E-state index in [1.165, 1.54) is 17.4 Å². The lowest BCUT2D eigenvalue weighted by atomic mass is 10.1. The largest absolute Gasteiger partial charge is 0.264 e. The average Bonchev–Trinajstić information content (AvgIpc) is 2.43. The van der Waals surface area contributed by atoms with Gasteiger partial charge in [-0.05, 0) is 44.6 Å². The molecule has 1 aromatic carbocycles. The summed E-state index contributed by atoms with van der Waals surface area (Å²) in [6.45, 7) is 0. The standard InChI is InChI=1S/C9H4BrF2IS/c10-7-6-4(8(11)12)2-1-3-5(6)14-9(7)13/h1-3,8H. The molecule has 0 amide bonds. The Labute approximate surface area is 106 Å². The number of halogens is 4. The number of alkyl halides is 2. The lowest BCUT2D eigenvalue weighted by molar-refractivity contribution is 0.153. The van der Waals surface area contributed by atoms with Gasteiger partial charge in [0.15, 0.2) is 0 Å². The zero-order valence-corrected chi connectivity index (χ0v) is 11.3. The molecule has 0 fully saturated rings. The van der Waals surface area contributed by atoms with Crippen LogP contribution in [0, 0.1) is 2.88 Å². The molecule has 0 N–H and O–H groups in total. The highest BCUT2D eigenvalue weighted by Gasteiger charge is 2.16. The van der Waals surface area contributed by atoms with Gasteiger partial charge in [-0.25, -0.2) is 8.78 Å². The molecule has 2 rings (SSSR count). The number of fused-ring (bicyclic) bond motifs is 1. The first-order chi connectivity index (χ1) is 6.61. The molecule has 0 spiro atoms. The van der Waals surface area contributed by atoms with Crippen LogP contribution in [0.4, 0.5) is 8.78 Å². The molecule has 74 valence electrons. The highest BCUT2D eigenvalue weighted by Crippen LogP contribution is 2.40. The van der Waals surface area contributed by atoms with Gasteiger partial charge in [0.2, 0.25) is 0 Å². The number of benzene rings is 1. The molecule has 0 atom stereocenters. The maximum absolute atomic E-state index is 12.7. The highest BCUT2D eigenvalue weighted by atomic mass is 127. The molecule has 0 radical (unpaired) electrons. The third-order valence-electron chi connectivity index (χ3n) is 1.89. The van der Waals surface area contributed by atoms with Crippen LogP contribution in [0.5, 0.6) is 0 Å². The summed E-state index contributed by atoms with van der Waals surface area (Å²) in [7, 11) is 0. The van der Waals surface area contributed by atoms with Gasteiger partial charge < -0.3 is 0 Å². The molecular weight excluding hydrogens is 385 g/mol. The van der Waals surface area contributed by atoms with Crippen molar-refractivity contribution in [2.45, 2.75) is 6.43 Å². The van der Waals surface area contributed by atoms with Crippen LogP contribution >= 0.6 is 49.9 Å². The molecule has 14 heavy (non-hydrogen) atoms. The predicted molar refractivity (Wildman–Crippen MR) is 67.2 cm³/mol. The molecule has 0 bridgehead atoms. The fourth-order valence-electron chi connectivity index (χ4n) is 1.29. The lowest BCUT2D eigenvalue weighted by Crippen LogP contribution is -1.84. The molecule has 0 unspecified atom stereocenters. The summed E-state index contributed by atoms with van der Waals surface area (Å²) in [5, 5.41) is 0.650. The second-order valence-corrected chi connectivity index (χ2v) is 6.37. The van der Waals surface area contributed by atoms with Crippen LogP contribution in [0.25, 0.3) is 10.1 Å². The summed E-state index contributed by atoms with van der Waals surface area (Å²) in [5.74, 6) is 0. The van der Waals surface area contributed by atoms with E-state index in [1.807, 2.05) is 6.07 Å². The van der Waals surface area contributed by atoms with Gasteiger partial charge in [-0.1, -0.05) is 12.1 Å². The van der Waals surface area contributed by atoms with Gasteiger partial charge in [0.25, 0.3) is 6.43 Å². The molecule has 0 nitrogen and oxygen atoms in total. The van der Waals surface area contributed by atoms with Crippen molar-refractivity contribution in [2.75, 3.05) is 0 Å². The van der Waals surface area contributed by atoms with Crippen LogP contribution < -0.4 is 0 Å². The SMILES string of the molecule is FC(F)c1cccc2sc(I)c(Br)c12. The van der Waals surface area contributed by atoms with Gasteiger partial charge >= 0.3 is 0 Å². The van der Waals surface area contributed by atoms with Gasteiger partial charge in [0.05, 0.1) is 7.36 Å². The molecule has 0 saturated heterocycles. The van der Waals surface area contributed by atoms with Crippen molar-refractivity contribution in [3.05, 3.63) is 31.1 Å². The van der Waals surface area contributed by atoms with Crippen LogP contribution in [0.15, 0.2) is 22.7 Å². The van der Waals surface area contributed by atoms with E-state index in [4.69, 9.17) is 0 Å². The Morgan fingerprint density at radius 1 is 1.36 bits per heavy atom. The van der Waals surface area contributed by atoms with Crippen LogP contribution in [0.2, 0.25) is 0 Å². The second kappa shape index (κ2) is 4.02. The fourth-order valence-corrected chi connectivity index (χ4v) is 3.94. The molecular formula is C9H4BrF2IS. The van der Waals surface area contributed by atoms with E-state index < -0.39 is 6.43 Å². The van der Waals surface area contributed by atoms with E-state index in [-0.39, 0.29) is 5.56 Å². The molecule has 2 aromatic rings. The first kappa shape index (κ1) is 10.8. The fraction of sp³-hybridized carbons (Fsp3) is 0.111. The molecule has 0 aliphatic rings. The van der Waals surface area contributed by atoms with Crippen molar-refractivity contribution >= 4 is 59.9 Å². The zero-order valence-electron chi connectivity index (χ0n) is 6.73. The monoisotopic (exact) mass is 388 g/mol. The van der Waals surface area contributed by atoms with Crippen LogP contribution in [0.1, 0.15) is 12.0 Å². The Morgan fingerprint density at radius 2 is 2.07 bits per heavy atom. The van der Waals surface area contributed by atoms with Crippen molar-refractivity contribution < 1.29 is 8.78 Å². The van der Waals surface area contributed by atoms with Gasteiger partial charge in [-0.3, -0.25) is 0 Å². The average molecular weight is 389 g/mol. The van der Waals surface area contributed by atoms with Crippen molar-refractivity contribution in [3.8, 4) is 0 Å². The minimum absolute atomic E-state index is 0.105. The summed E-state index contributed by atoms with van der Waals surface area (Å²) in [4.78, 5) is 0. The van der Waals surface area contributed by atoms with Crippen molar-refractivity contribution in [3.63, 3.8) is 0 Å². The Hall–Kier alpha value is 0.250. The summed E-state index contributed by atoms with van der Waals surface area (Å²) in [6.07, 6.45) is -2.42. The Bertz CT molecular complexity index is 481. The van der Waals surface area contributed by atoms with Gasteiger partial charge in [-0.15, -0.1) is 11.3 Å². The van der Waals surface area contributed by atoms with Gasteiger partial charge in [0, 0.05) is 15.6 Å². The van der Waals surface area contributed by atoms with Crippen molar-refractivity contribution in [2.24, 2.45) is 0 Å². The maximum Gasteiger partial charge on any atom is 0.264 e. The maximum atomic E-state index is 12.7. The minimum atomic E-state index is -2.42. The molecule has 1 aromatic heterocycles. The first-order valence-corrected chi connectivity index (χ1v) is 6.44. The zero-order chi connectivity index (χ0) is 10.3. The molecule has 5 heteroatoms. The van der Waals surface area contributed by atoms with Crippen molar-refractivity contribution in [1.29, 1.82) is 0 Å². The van der Waals surface area contributed by atoms with Crippen LogP contribution in [-0.4, -0.2) is 0 Å². The lowest BCUT2D eigenvalue weighted by Gasteiger charge is -2.01. The third kappa shape index (κ3) is 1.69. The number of thiophene rings is 1. The van der Waals surface area contributed by atoms with Crippen molar-refractivity contribution in [1.82, 2.24) is 0 Å². The normalized spacial score (nSPS) is 11.5. The van der Waals surface area contributed by atoms with Gasteiger partial charge in [-0.2, -0.15) is 0 Å². The van der Waals surface area contributed by atoms with E-state index in [1.54, 1.807) is 6.07 Å². The van der Waals surface area contributed by atoms with E-state index in [9.17, 15) is 8.78 Å². The molecule has 0 aliphatic carbocycles. The third-order valence-corrected chi connectivity index (χ3v) is 5.83. The highest BCUT2D eigenvalue weighted by molar-refractivity contribution is 14.1. The first-order valence-electron chi connectivity index (χ1n) is 3.76. The number of hydrogen-bond acceptors (Lipinski definition) is 1. The summed E-state index contributed by atoms with van der Waals surface area (Å²) in [6, 6.07) is 5.00. The topological polar surface area (TPSA) is 0 Å². The Morgan fingerprint density at radius 3 is 2.71 bits per heavy atom. The Balaban J connectivity index is 2.84. The quantitative estimate of drug-likeness (QED) is 0.588. The smallest absolute Gasteiger partial charge is 0.205 e. The molecule has 0 aliphatic heterocycles. The summed E-state index contributed by atoms with van der Waals surface area (Å²) < 4.78 is 28.0. The summed E-state index contributed by atoms with van der Waals surface area (Å²) >= 11 is 7.00. The van der Waals surface area contributed by atoms with Crippen LogP contribution in [0.3, 0.4) is 0 Å². The number of rotatable bonds is 1. The minimum Gasteiger partial charge on any atom is -0.205 e. The van der Waals surface area contributed by atoms with E-state index in [0.717, 1.165) is 12.1 Å². The Kier molecular flexibility index (Phi) is 3.09. The second-order valence-electron chi connectivity index (χ2n) is 2.71. The van der Waals surface area contributed by atoms with E-state index in [2.05, 4.69) is 38.5 Å². The number of hydrogen-bond donors (Lipinski definition) is 0. The predicted octanol–water partition coefficient (Wildman–Crippen LogP) is 5.21. The molecule has 1 heterocycles. The van der Waals surface area contributed by atoms with Gasteiger partial charge in [0.1, 0.15) is 0 Å². The summed E-state index contributed by atoms with van der Waals surface area (Å²) in [5.41, 5.74) is 0.105. The van der Waals surface area contributed by atoms with E-state index in [0.29, 0.717) is 5.39 Å². The van der Waals surface area contributed by atoms with Crippen LogP contribution in [-0.2, 0) is 0 Å². The van der Waals surface area contributed by atoms with E-state index >= 15 is 0 Å².